The highest BCUT2D eigenvalue weighted by Gasteiger charge is 2.11. The Labute approximate surface area is 111 Å². The molecular weight excluding hydrogens is 280 g/mol. The molecule has 1 aromatic carbocycles. The summed E-state index contributed by atoms with van der Waals surface area (Å²) in [6.45, 7) is 5.74. The molecule has 0 heterocycles. The molecule has 0 N–H and O–H groups in total. The Bertz CT molecular complexity index is 412. The van der Waals surface area contributed by atoms with E-state index >= 15 is 0 Å². The molecular formula is C13H17BrN2O. The molecule has 0 radical (unpaired) electrons. The third-order valence-electron chi connectivity index (χ3n) is 2.50. The Morgan fingerprint density at radius 2 is 2.12 bits per heavy atom. The molecule has 4 heteroatoms. The number of anilines is 1. The van der Waals surface area contributed by atoms with Gasteiger partial charge in [0, 0.05) is 29.9 Å². The van der Waals surface area contributed by atoms with E-state index in [2.05, 4.69) is 40.7 Å². The first kappa shape index (κ1) is 14.0. The first-order valence-corrected chi connectivity index (χ1v) is 6.34. The van der Waals surface area contributed by atoms with E-state index in [9.17, 15) is 0 Å². The number of nitriles is 1. The van der Waals surface area contributed by atoms with Gasteiger partial charge < -0.3 is 9.64 Å². The van der Waals surface area contributed by atoms with Gasteiger partial charge >= 0.3 is 0 Å². The lowest BCUT2D eigenvalue weighted by molar-refractivity contribution is 0.204. The molecule has 0 amide bonds. The van der Waals surface area contributed by atoms with Gasteiger partial charge in [-0.1, -0.05) is 15.9 Å². The van der Waals surface area contributed by atoms with Crippen LogP contribution in [0.15, 0.2) is 22.7 Å². The van der Waals surface area contributed by atoms with Crippen LogP contribution in [0.3, 0.4) is 0 Å². The number of rotatable bonds is 5. The molecule has 3 nitrogen and oxygen atoms in total. The van der Waals surface area contributed by atoms with Gasteiger partial charge in [-0.05, 0) is 32.0 Å². The van der Waals surface area contributed by atoms with Crippen molar-refractivity contribution in [1.82, 2.24) is 0 Å². The highest BCUT2D eigenvalue weighted by Crippen LogP contribution is 2.24. The second-order valence-corrected chi connectivity index (χ2v) is 5.01. The molecule has 0 spiro atoms. The van der Waals surface area contributed by atoms with Gasteiger partial charge in [0.15, 0.2) is 0 Å². The van der Waals surface area contributed by atoms with Gasteiger partial charge in [-0.2, -0.15) is 5.26 Å². The number of methoxy groups -OCH3 is 1. The zero-order chi connectivity index (χ0) is 12.8. The normalized spacial score (nSPS) is 10.4. The van der Waals surface area contributed by atoms with E-state index < -0.39 is 0 Å². The lowest BCUT2D eigenvalue weighted by atomic mass is 10.2. The van der Waals surface area contributed by atoms with E-state index in [1.807, 2.05) is 18.2 Å². The second kappa shape index (κ2) is 6.63. The van der Waals surface area contributed by atoms with E-state index in [-0.39, 0.29) is 0 Å². The third kappa shape index (κ3) is 4.03. The fourth-order valence-electron chi connectivity index (χ4n) is 1.68. The zero-order valence-corrected chi connectivity index (χ0v) is 12.0. The molecule has 0 aliphatic rings. The summed E-state index contributed by atoms with van der Waals surface area (Å²) < 4.78 is 6.04. The summed E-state index contributed by atoms with van der Waals surface area (Å²) >= 11 is 3.43. The molecule has 0 fully saturated rings. The van der Waals surface area contributed by atoms with Crippen molar-refractivity contribution in [3.63, 3.8) is 0 Å². The predicted octanol–water partition coefficient (Wildman–Crippen LogP) is 3.18. The minimum atomic E-state index is 0.367. The highest BCUT2D eigenvalue weighted by atomic mass is 79.9. The quantitative estimate of drug-likeness (QED) is 0.837. The van der Waals surface area contributed by atoms with Gasteiger partial charge in [-0.15, -0.1) is 0 Å². The predicted molar refractivity (Wildman–Crippen MR) is 73.2 cm³/mol. The lowest BCUT2D eigenvalue weighted by Gasteiger charge is -2.29. The standard InChI is InChI=1S/C13H17BrN2O/c1-10(2)16(4-5-17-3)13-7-11(9-15)6-12(14)8-13/h6-8,10H,4-5H2,1-3H3. The minimum absolute atomic E-state index is 0.367. The van der Waals surface area contributed by atoms with E-state index in [0.29, 0.717) is 18.2 Å². The van der Waals surface area contributed by atoms with Crippen LogP contribution in [0.5, 0.6) is 0 Å². The van der Waals surface area contributed by atoms with E-state index in [4.69, 9.17) is 10.00 Å². The van der Waals surface area contributed by atoms with Crippen LogP contribution < -0.4 is 4.90 Å². The van der Waals surface area contributed by atoms with Crippen molar-refractivity contribution < 1.29 is 4.74 Å². The third-order valence-corrected chi connectivity index (χ3v) is 2.96. The van der Waals surface area contributed by atoms with Crippen molar-refractivity contribution >= 4 is 21.6 Å². The molecule has 0 aliphatic carbocycles. The van der Waals surface area contributed by atoms with Gasteiger partial charge in [0.2, 0.25) is 0 Å². The number of ether oxygens (including phenoxy) is 1. The van der Waals surface area contributed by atoms with Crippen LogP contribution in [0.1, 0.15) is 19.4 Å². The highest BCUT2D eigenvalue weighted by molar-refractivity contribution is 9.10. The van der Waals surface area contributed by atoms with Gasteiger partial charge in [0.1, 0.15) is 0 Å². The van der Waals surface area contributed by atoms with E-state index in [1.54, 1.807) is 7.11 Å². The Hall–Kier alpha value is -1.05. The van der Waals surface area contributed by atoms with Crippen molar-refractivity contribution in [2.24, 2.45) is 0 Å². The molecule has 17 heavy (non-hydrogen) atoms. The zero-order valence-electron chi connectivity index (χ0n) is 10.4. The van der Waals surface area contributed by atoms with Crippen LogP contribution in [-0.4, -0.2) is 26.3 Å². The minimum Gasteiger partial charge on any atom is -0.383 e. The average Bonchev–Trinajstić information content (AvgIpc) is 2.28. The summed E-state index contributed by atoms with van der Waals surface area (Å²) in [5, 5.41) is 8.97. The molecule has 1 rings (SSSR count). The number of hydrogen-bond donors (Lipinski definition) is 0. The summed E-state index contributed by atoms with van der Waals surface area (Å²) in [6.07, 6.45) is 0. The topological polar surface area (TPSA) is 36.3 Å². The second-order valence-electron chi connectivity index (χ2n) is 4.09. The van der Waals surface area contributed by atoms with Crippen LogP contribution in [0, 0.1) is 11.3 Å². The largest absolute Gasteiger partial charge is 0.383 e. The maximum atomic E-state index is 8.97. The van der Waals surface area contributed by atoms with E-state index in [1.165, 1.54) is 0 Å². The maximum Gasteiger partial charge on any atom is 0.0992 e. The van der Waals surface area contributed by atoms with Crippen LogP contribution in [0.4, 0.5) is 5.69 Å². The summed E-state index contributed by atoms with van der Waals surface area (Å²) in [7, 11) is 1.69. The Balaban J connectivity index is 3.01. The molecule has 0 bridgehead atoms. The SMILES string of the molecule is COCCN(c1cc(Br)cc(C#N)c1)C(C)C. The van der Waals surface area contributed by atoms with Crippen molar-refractivity contribution in [1.29, 1.82) is 5.26 Å². The fourth-order valence-corrected chi connectivity index (χ4v) is 2.16. The monoisotopic (exact) mass is 296 g/mol. The first-order chi connectivity index (χ1) is 8.08. The van der Waals surface area contributed by atoms with Gasteiger partial charge in [-0.25, -0.2) is 0 Å². The fraction of sp³-hybridized carbons (Fsp3) is 0.462. The number of benzene rings is 1. The Morgan fingerprint density at radius 1 is 1.41 bits per heavy atom. The van der Waals surface area contributed by atoms with Crippen LogP contribution >= 0.6 is 15.9 Å². The van der Waals surface area contributed by atoms with E-state index in [0.717, 1.165) is 16.7 Å². The Kier molecular flexibility index (Phi) is 5.46. The molecule has 0 aromatic heterocycles. The molecule has 1 aromatic rings. The van der Waals surface area contributed by atoms with Crippen molar-refractivity contribution in [3.05, 3.63) is 28.2 Å². The number of halogens is 1. The summed E-state index contributed by atoms with van der Waals surface area (Å²) in [5.41, 5.74) is 1.71. The molecule has 0 atom stereocenters. The summed E-state index contributed by atoms with van der Waals surface area (Å²) in [4.78, 5) is 2.22. The van der Waals surface area contributed by atoms with Crippen LogP contribution in [0.25, 0.3) is 0 Å². The lowest BCUT2D eigenvalue weighted by Crippen LogP contribution is -2.33. The molecule has 0 unspecified atom stereocenters. The van der Waals surface area contributed by atoms with Gasteiger partial charge in [-0.3, -0.25) is 0 Å². The van der Waals surface area contributed by atoms with Gasteiger partial charge in [0.25, 0.3) is 0 Å². The smallest absolute Gasteiger partial charge is 0.0992 e. The van der Waals surface area contributed by atoms with Crippen molar-refractivity contribution in [2.75, 3.05) is 25.2 Å². The van der Waals surface area contributed by atoms with Crippen LogP contribution in [-0.2, 0) is 4.74 Å². The summed E-state index contributed by atoms with van der Waals surface area (Å²) in [6, 6.07) is 8.28. The first-order valence-electron chi connectivity index (χ1n) is 5.54. The molecule has 0 aliphatic heterocycles. The summed E-state index contributed by atoms with van der Waals surface area (Å²) in [5.74, 6) is 0. The molecule has 92 valence electrons. The van der Waals surface area contributed by atoms with Crippen molar-refractivity contribution in [3.8, 4) is 6.07 Å². The number of nitrogens with zero attached hydrogens (tertiary/aromatic N) is 2. The van der Waals surface area contributed by atoms with Crippen LogP contribution in [0.2, 0.25) is 0 Å². The maximum absolute atomic E-state index is 8.97. The van der Waals surface area contributed by atoms with Crippen molar-refractivity contribution in [2.45, 2.75) is 19.9 Å². The molecule has 0 saturated heterocycles. The Morgan fingerprint density at radius 3 is 2.65 bits per heavy atom. The van der Waals surface area contributed by atoms with Gasteiger partial charge in [0.05, 0.1) is 18.2 Å². The number of hydrogen-bond acceptors (Lipinski definition) is 3. The average molecular weight is 297 g/mol. The molecule has 0 saturated carbocycles.